The molecule has 5 nitrogen and oxygen atoms in total. The zero-order valence-electron chi connectivity index (χ0n) is 7.71. The summed E-state index contributed by atoms with van der Waals surface area (Å²) in [6.45, 7) is 3.02. The van der Waals surface area contributed by atoms with Crippen molar-refractivity contribution in [3.8, 4) is 0 Å². The minimum Gasteiger partial charge on any atom is -0.394 e. The summed E-state index contributed by atoms with van der Waals surface area (Å²) in [5.41, 5.74) is -0.770. The highest BCUT2D eigenvalue weighted by Gasteiger charge is 2.48. The number of rotatable bonds is 1. The van der Waals surface area contributed by atoms with E-state index >= 15 is 0 Å². The number of hydrogen-bond acceptors (Lipinski definition) is 5. The fourth-order valence-electron chi connectivity index (χ4n) is 1.49. The van der Waals surface area contributed by atoms with Crippen LogP contribution >= 0.6 is 0 Å². The summed E-state index contributed by atoms with van der Waals surface area (Å²) in [6, 6.07) is 0. The first-order chi connectivity index (χ1) is 5.91. The summed E-state index contributed by atoms with van der Waals surface area (Å²) >= 11 is 0. The molecule has 1 fully saturated rings. The van der Waals surface area contributed by atoms with Crippen LogP contribution in [0, 0.1) is 5.41 Å². The molecule has 4 N–H and O–H groups in total. The molecule has 1 rings (SSSR count). The average Bonchev–Trinajstić information content (AvgIpc) is 2.08. The lowest BCUT2D eigenvalue weighted by Gasteiger charge is -2.45. The molecule has 0 radical (unpaired) electrons. The Balaban J connectivity index is 2.82. The van der Waals surface area contributed by atoms with Crippen molar-refractivity contribution in [2.45, 2.75) is 38.4 Å². The highest BCUT2D eigenvalue weighted by Crippen LogP contribution is 2.35. The average molecular weight is 192 g/mol. The van der Waals surface area contributed by atoms with Gasteiger partial charge in [0, 0.05) is 5.41 Å². The summed E-state index contributed by atoms with van der Waals surface area (Å²) in [4.78, 5) is 0. The highest BCUT2D eigenvalue weighted by molar-refractivity contribution is 4.94. The molecule has 0 spiro atoms. The first-order valence-electron chi connectivity index (χ1n) is 4.21. The van der Waals surface area contributed by atoms with Gasteiger partial charge in [-0.25, -0.2) is 0 Å². The van der Waals surface area contributed by atoms with E-state index in [2.05, 4.69) is 0 Å². The fourth-order valence-corrected chi connectivity index (χ4v) is 1.49. The third-order valence-electron chi connectivity index (χ3n) is 2.68. The second-order valence-electron chi connectivity index (χ2n) is 3.95. The molecule has 4 atom stereocenters. The third-order valence-corrected chi connectivity index (χ3v) is 2.68. The SMILES string of the molecule is CC1(C)C(CO)OC(O)C(O)[C@@H]1O. The van der Waals surface area contributed by atoms with Gasteiger partial charge in [0.2, 0.25) is 0 Å². The van der Waals surface area contributed by atoms with Crippen molar-refractivity contribution in [2.75, 3.05) is 6.61 Å². The number of hydrogen-bond donors (Lipinski definition) is 4. The quantitative estimate of drug-likeness (QED) is 0.403. The molecule has 1 saturated heterocycles. The monoisotopic (exact) mass is 192 g/mol. The Labute approximate surface area is 76.6 Å². The second-order valence-corrected chi connectivity index (χ2v) is 3.95. The molecule has 0 amide bonds. The normalized spacial score (nSPS) is 44.8. The maximum absolute atomic E-state index is 9.58. The van der Waals surface area contributed by atoms with Gasteiger partial charge < -0.3 is 25.2 Å². The van der Waals surface area contributed by atoms with Crippen LogP contribution in [0.5, 0.6) is 0 Å². The third kappa shape index (κ3) is 1.70. The van der Waals surface area contributed by atoms with Crippen molar-refractivity contribution < 1.29 is 25.2 Å². The summed E-state index contributed by atoms with van der Waals surface area (Å²) in [5.74, 6) is 0. The Morgan fingerprint density at radius 2 is 1.77 bits per heavy atom. The van der Waals surface area contributed by atoms with E-state index in [1.54, 1.807) is 13.8 Å². The molecule has 1 aliphatic heterocycles. The first-order valence-corrected chi connectivity index (χ1v) is 4.21. The Morgan fingerprint density at radius 3 is 2.23 bits per heavy atom. The molecule has 0 saturated carbocycles. The summed E-state index contributed by atoms with van der Waals surface area (Å²) < 4.78 is 4.93. The summed E-state index contributed by atoms with van der Waals surface area (Å²) in [5, 5.41) is 36.9. The van der Waals surface area contributed by atoms with E-state index in [4.69, 9.17) is 14.9 Å². The van der Waals surface area contributed by atoms with Crippen LogP contribution in [-0.4, -0.2) is 51.6 Å². The van der Waals surface area contributed by atoms with Gasteiger partial charge in [0.05, 0.1) is 18.8 Å². The van der Waals surface area contributed by atoms with Gasteiger partial charge >= 0.3 is 0 Å². The van der Waals surface area contributed by atoms with Crippen molar-refractivity contribution >= 4 is 0 Å². The van der Waals surface area contributed by atoms with E-state index in [1.807, 2.05) is 0 Å². The lowest BCUT2D eigenvalue weighted by atomic mass is 9.76. The number of aliphatic hydroxyl groups excluding tert-OH is 4. The van der Waals surface area contributed by atoms with Crippen LogP contribution < -0.4 is 0 Å². The fraction of sp³-hybridized carbons (Fsp3) is 1.00. The van der Waals surface area contributed by atoms with Gasteiger partial charge in [-0.1, -0.05) is 13.8 Å². The van der Waals surface area contributed by atoms with Gasteiger partial charge in [-0.3, -0.25) is 0 Å². The minimum absolute atomic E-state index is 0.298. The number of aliphatic hydroxyl groups is 4. The van der Waals surface area contributed by atoms with Gasteiger partial charge in [0.1, 0.15) is 6.10 Å². The molecular formula is C8H16O5. The van der Waals surface area contributed by atoms with Crippen LogP contribution in [-0.2, 0) is 4.74 Å². The Hall–Kier alpha value is -0.200. The largest absolute Gasteiger partial charge is 0.394 e. The predicted octanol–water partition coefficient (Wildman–Crippen LogP) is -1.56. The van der Waals surface area contributed by atoms with Crippen molar-refractivity contribution in [3.63, 3.8) is 0 Å². The van der Waals surface area contributed by atoms with Crippen LogP contribution in [0.3, 0.4) is 0 Å². The van der Waals surface area contributed by atoms with Crippen molar-refractivity contribution in [3.05, 3.63) is 0 Å². The van der Waals surface area contributed by atoms with Gasteiger partial charge in [0.15, 0.2) is 6.29 Å². The van der Waals surface area contributed by atoms with Crippen LogP contribution in [0.25, 0.3) is 0 Å². The van der Waals surface area contributed by atoms with Gasteiger partial charge in [-0.2, -0.15) is 0 Å². The smallest absolute Gasteiger partial charge is 0.183 e. The predicted molar refractivity (Wildman–Crippen MR) is 43.8 cm³/mol. The topological polar surface area (TPSA) is 90.2 Å². The van der Waals surface area contributed by atoms with Crippen molar-refractivity contribution in [1.82, 2.24) is 0 Å². The Bertz CT molecular complexity index is 177. The van der Waals surface area contributed by atoms with Gasteiger partial charge in [-0.05, 0) is 0 Å². The lowest BCUT2D eigenvalue weighted by Crippen LogP contribution is -2.59. The van der Waals surface area contributed by atoms with Crippen molar-refractivity contribution in [2.24, 2.45) is 5.41 Å². The van der Waals surface area contributed by atoms with E-state index in [0.29, 0.717) is 0 Å². The second kappa shape index (κ2) is 3.51. The lowest BCUT2D eigenvalue weighted by molar-refractivity contribution is -0.295. The molecule has 0 aliphatic carbocycles. The first kappa shape index (κ1) is 10.9. The standard InChI is InChI=1S/C8H16O5/c1-8(2)4(3-9)13-7(12)5(10)6(8)11/h4-7,9-12H,3H2,1-2H3/t4?,5?,6-,7?/m0/s1. The molecule has 3 unspecified atom stereocenters. The maximum atomic E-state index is 9.58. The van der Waals surface area contributed by atoms with E-state index < -0.39 is 30.0 Å². The molecule has 13 heavy (non-hydrogen) atoms. The van der Waals surface area contributed by atoms with E-state index in [0.717, 1.165) is 0 Å². The van der Waals surface area contributed by atoms with Gasteiger partial charge in [-0.15, -0.1) is 0 Å². The molecular weight excluding hydrogens is 176 g/mol. The number of ether oxygens (including phenoxy) is 1. The zero-order valence-corrected chi connectivity index (χ0v) is 7.71. The van der Waals surface area contributed by atoms with E-state index in [1.165, 1.54) is 0 Å². The highest BCUT2D eigenvalue weighted by atomic mass is 16.6. The molecule has 5 heteroatoms. The molecule has 1 heterocycles. The maximum Gasteiger partial charge on any atom is 0.183 e. The summed E-state index contributed by atoms with van der Waals surface area (Å²) in [6.07, 6.45) is -4.52. The Morgan fingerprint density at radius 1 is 1.23 bits per heavy atom. The summed E-state index contributed by atoms with van der Waals surface area (Å²) in [7, 11) is 0. The van der Waals surface area contributed by atoms with Gasteiger partial charge in [0.25, 0.3) is 0 Å². The van der Waals surface area contributed by atoms with Crippen LogP contribution in [0.1, 0.15) is 13.8 Å². The molecule has 0 bridgehead atoms. The van der Waals surface area contributed by atoms with Crippen LogP contribution in [0.15, 0.2) is 0 Å². The zero-order chi connectivity index (χ0) is 10.2. The van der Waals surface area contributed by atoms with Crippen LogP contribution in [0.2, 0.25) is 0 Å². The van der Waals surface area contributed by atoms with Crippen LogP contribution in [0.4, 0.5) is 0 Å². The minimum atomic E-state index is -1.43. The van der Waals surface area contributed by atoms with E-state index in [9.17, 15) is 10.2 Å². The Kier molecular flexibility index (Phi) is 2.94. The molecule has 0 aromatic carbocycles. The molecule has 0 aromatic heterocycles. The molecule has 0 aromatic rings. The van der Waals surface area contributed by atoms with E-state index in [-0.39, 0.29) is 6.61 Å². The molecule has 1 aliphatic rings. The van der Waals surface area contributed by atoms with Crippen molar-refractivity contribution in [1.29, 1.82) is 0 Å². The molecule has 78 valence electrons.